The molecule has 1 fully saturated rings. The van der Waals surface area contributed by atoms with Gasteiger partial charge in [0.25, 0.3) is 5.91 Å². The number of aromatic nitrogens is 2. The van der Waals surface area contributed by atoms with Crippen LogP contribution in [0.25, 0.3) is 0 Å². The van der Waals surface area contributed by atoms with E-state index >= 15 is 0 Å². The zero-order valence-corrected chi connectivity index (χ0v) is 12.1. The summed E-state index contributed by atoms with van der Waals surface area (Å²) in [5.74, 6) is -0.917. The fraction of sp³-hybridized carbons (Fsp3) is 0.538. The summed E-state index contributed by atoms with van der Waals surface area (Å²) < 4.78 is 5.34. The summed E-state index contributed by atoms with van der Waals surface area (Å²) >= 11 is 0. The Balaban J connectivity index is 1.94. The van der Waals surface area contributed by atoms with E-state index < -0.39 is 17.4 Å². The molecule has 0 spiro atoms. The summed E-state index contributed by atoms with van der Waals surface area (Å²) in [6.45, 7) is 1.11. The molecule has 0 aromatic carbocycles. The van der Waals surface area contributed by atoms with Gasteiger partial charge in [-0.2, -0.15) is 0 Å². The standard InChI is InChI=1S/C13H19N5O4/c14-11(19)6-18-3-4-22-9-13(21,8-18)7-17-12(20)10-5-15-1-2-16-10/h1-2,5,21H,3-4,6-9H2,(H2,14,19)(H,17,20)/t13-/m1/s1. The topological polar surface area (TPSA) is 131 Å². The molecule has 0 bridgehead atoms. The van der Waals surface area contributed by atoms with Crippen molar-refractivity contribution in [1.29, 1.82) is 0 Å². The van der Waals surface area contributed by atoms with Gasteiger partial charge in [-0.1, -0.05) is 0 Å². The molecule has 1 aliphatic heterocycles. The molecule has 22 heavy (non-hydrogen) atoms. The van der Waals surface area contributed by atoms with Gasteiger partial charge in [-0.05, 0) is 0 Å². The van der Waals surface area contributed by atoms with Gasteiger partial charge in [-0.25, -0.2) is 4.98 Å². The maximum Gasteiger partial charge on any atom is 0.271 e. The van der Waals surface area contributed by atoms with Gasteiger partial charge in [0, 0.05) is 25.5 Å². The highest BCUT2D eigenvalue weighted by Gasteiger charge is 2.33. The van der Waals surface area contributed by atoms with E-state index in [-0.39, 0.29) is 31.9 Å². The Morgan fingerprint density at radius 2 is 2.32 bits per heavy atom. The van der Waals surface area contributed by atoms with Crippen molar-refractivity contribution in [3.8, 4) is 0 Å². The van der Waals surface area contributed by atoms with Crippen LogP contribution in [0.5, 0.6) is 0 Å². The minimum atomic E-state index is -1.30. The lowest BCUT2D eigenvalue weighted by Crippen LogP contribution is -2.53. The highest BCUT2D eigenvalue weighted by Crippen LogP contribution is 2.11. The Hall–Kier alpha value is -2.10. The molecule has 2 rings (SSSR count). The van der Waals surface area contributed by atoms with Crippen LogP contribution < -0.4 is 11.1 Å². The second-order valence-electron chi connectivity index (χ2n) is 5.23. The number of hydrogen-bond donors (Lipinski definition) is 3. The third-order valence-corrected chi connectivity index (χ3v) is 3.19. The van der Waals surface area contributed by atoms with E-state index in [0.717, 1.165) is 0 Å². The fourth-order valence-electron chi connectivity index (χ4n) is 2.21. The van der Waals surface area contributed by atoms with Gasteiger partial charge in [-0.15, -0.1) is 0 Å². The molecule has 0 saturated carbocycles. The fourth-order valence-corrected chi connectivity index (χ4v) is 2.21. The number of primary amides is 1. The highest BCUT2D eigenvalue weighted by molar-refractivity contribution is 5.91. The lowest BCUT2D eigenvalue weighted by Gasteiger charge is -2.30. The SMILES string of the molecule is NC(=O)CN1CCOC[C@@](O)(CNC(=O)c2cnccn2)C1. The monoisotopic (exact) mass is 309 g/mol. The number of β-amino-alcohol motifs (C(OH)–C–C–N with tert-alkyl or cyclic N) is 1. The van der Waals surface area contributed by atoms with Crippen LogP contribution in [-0.2, 0) is 9.53 Å². The summed E-state index contributed by atoms with van der Waals surface area (Å²) in [6.07, 6.45) is 4.21. The molecule has 0 unspecified atom stereocenters. The average molecular weight is 309 g/mol. The van der Waals surface area contributed by atoms with Crippen LogP contribution in [0.1, 0.15) is 10.5 Å². The number of aliphatic hydroxyl groups is 1. The minimum absolute atomic E-state index is 0.0301. The van der Waals surface area contributed by atoms with Crippen molar-refractivity contribution in [2.45, 2.75) is 5.60 Å². The summed E-state index contributed by atoms with van der Waals surface area (Å²) in [6, 6.07) is 0. The third-order valence-electron chi connectivity index (χ3n) is 3.19. The van der Waals surface area contributed by atoms with Gasteiger partial charge in [0.1, 0.15) is 11.3 Å². The second kappa shape index (κ2) is 7.25. The maximum atomic E-state index is 11.9. The van der Waals surface area contributed by atoms with Gasteiger partial charge in [0.15, 0.2) is 0 Å². The van der Waals surface area contributed by atoms with Crippen molar-refractivity contribution in [3.05, 3.63) is 24.3 Å². The number of nitrogens with one attached hydrogen (secondary N) is 1. The first-order valence-electron chi connectivity index (χ1n) is 6.83. The van der Waals surface area contributed by atoms with Crippen molar-refractivity contribution in [2.75, 3.05) is 39.4 Å². The van der Waals surface area contributed by atoms with E-state index in [2.05, 4.69) is 15.3 Å². The van der Waals surface area contributed by atoms with Crippen LogP contribution in [0.2, 0.25) is 0 Å². The Morgan fingerprint density at radius 3 is 3.00 bits per heavy atom. The molecule has 1 saturated heterocycles. The van der Waals surface area contributed by atoms with E-state index in [1.807, 2.05) is 0 Å². The van der Waals surface area contributed by atoms with Crippen molar-refractivity contribution in [2.24, 2.45) is 5.73 Å². The molecule has 1 aromatic heterocycles. The van der Waals surface area contributed by atoms with E-state index in [9.17, 15) is 14.7 Å². The van der Waals surface area contributed by atoms with Gasteiger partial charge in [0.05, 0.1) is 32.5 Å². The molecule has 120 valence electrons. The van der Waals surface area contributed by atoms with Crippen LogP contribution >= 0.6 is 0 Å². The molecule has 1 aromatic rings. The molecule has 9 nitrogen and oxygen atoms in total. The molecule has 1 aliphatic rings. The molecule has 4 N–H and O–H groups in total. The van der Waals surface area contributed by atoms with Crippen LogP contribution in [-0.4, -0.2) is 76.8 Å². The van der Waals surface area contributed by atoms with Gasteiger partial charge >= 0.3 is 0 Å². The number of amides is 2. The summed E-state index contributed by atoms with van der Waals surface area (Å²) in [5, 5.41) is 13.2. The Kier molecular flexibility index (Phi) is 5.36. The molecule has 2 heterocycles. The van der Waals surface area contributed by atoms with Crippen LogP contribution in [0.3, 0.4) is 0 Å². The Morgan fingerprint density at radius 1 is 1.50 bits per heavy atom. The maximum absolute atomic E-state index is 11.9. The number of carbonyl (C=O) groups is 2. The van der Waals surface area contributed by atoms with Crippen molar-refractivity contribution >= 4 is 11.8 Å². The first kappa shape index (κ1) is 16.3. The number of ether oxygens (including phenoxy) is 1. The minimum Gasteiger partial charge on any atom is -0.384 e. The second-order valence-corrected chi connectivity index (χ2v) is 5.23. The molecular formula is C13H19N5O4. The van der Waals surface area contributed by atoms with Crippen molar-refractivity contribution in [1.82, 2.24) is 20.2 Å². The summed E-state index contributed by atoms with van der Waals surface area (Å²) in [4.78, 5) is 32.3. The number of rotatable bonds is 5. The van der Waals surface area contributed by atoms with E-state index in [1.165, 1.54) is 18.6 Å². The molecule has 9 heteroatoms. The van der Waals surface area contributed by atoms with E-state index in [0.29, 0.717) is 13.2 Å². The van der Waals surface area contributed by atoms with Crippen molar-refractivity contribution < 1.29 is 19.4 Å². The largest absolute Gasteiger partial charge is 0.384 e. The average Bonchev–Trinajstić information content (AvgIpc) is 2.67. The van der Waals surface area contributed by atoms with E-state index in [1.54, 1.807) is 4.90 Å². The van der Waals surface area contributed by atoms with Gasteiger partial charge in [-0.3, -0.25) is 19.5 Å². The molecule has 2 amide bonds. The number of nitrogens with zero attached hydrogens (tertiary/aromatic N) is 3. The Bertz CT molecular complexity index is 526. The van der Waals surface area contributed by atoms with E-state index in [4.69, 9.17) is 10.5 Å². The molecule has 1 atom stereocenters. The normalized spacial score (nSPS) is 22.8. The quantitative estimate of drug-likeness (QED) is 0.560. The zero-order chi connectivity index (χ0) is 16.0. The summed E-state index contributed by atoms with van der Waals surface area (Å²) in [7, 11) is 0. The Labute approximate surface area is 127 Å². The summed E-state index contributed by atoms with van der Waals surface area (Å²) in [5.41, 5.74) is 4.03. The van der Waals surface area contributed by atoms with Crippen molar-refractivity contribution in [3.63, 3.8) is 0 Å². The first-order chi connectivity index (χ1) is 10.5. The van der Waals surface area contributed by atoms with Crippen LogP contribution in [0.15, 0.2) is 18.6 Å². The lowest BCUT2D eigenvalue weighted by molar-refractivity contribution is -0.119. The smallest absolute Gasteiger partial charge is 0.271 e. The predicted molar refractivity (Wildman–Crippen MR) is 75.8 cm³/mol. The third kappa shape index (κ3) is 4.72. The van der Waals surface area contributed by atoms with Crippen LogP contribution in [0, 0.1) is 0 Å². The highest BCUT2D eigenvalue weighted by atomic mass is 16.5. The number of hydrogen-bond acceptors (Lipinski definition) is 7. The predicted octanol–water partition coefficient (Wildman–Crippen LogP) is -2.24. The van der Waals surface area contributed by atoms with Gasteiger partial charge < -0.3 is 20.9 Å². The van der Waals surface area contributed by atoms with Gasteiger partial charge in [0.2, 0.25) is 5.91 Å². The molecule has 0 radical (unpaired) electrons. The molecule has 0 aliphatic carbocycles. The number of carbonyl (C=O) groups excluding carboxylic acids is 2. The number of nitrogens with two attached hydrogens (primary N) is 1. The lowest BCUT2D eigenvalue weighted by atomic mass is 10.0. The first-order valence-corrected chi connectivity index (χ1v) is 6.83. The molecular weight excluding hydrogens is 290 g/mol. The van der Waals surface area contributed by atoms with Crippen LogP contribution in [0.4, 0.5) is 0 Å². The zero-order valence-electron chi connectivity index (χ0n) is 12.1.